The Morgan fingerprint density at radius 3 is 2.47 bits per heavy atom. The maximum Gasteiger partial charge on any atom is 0.300 e. The Bertz CT molecular complexity index is 1340. The van der Waals surface area contributed by atoms with Gasteiger partial charge in [0.2, 0.25) is 0 Å². The second-order valence-electron chi connectivity index (χ2n) is 7.70. The number of nitrogens with zero attached hydrogens (tertiary/aromatic N) is 1. The van der Waals surface area contributed by atoms with Gasteiger partial charge in [0.1, 0.15) is 11.5 Å². The van der Waals surface area contributed by atoms with Crippen LogP contribution in [0.5, 0.6) is 5.75 Å². The third kappa shape index (κ3) is 4.03. The number of halogens is 3. The molecule has 34 heavy (non-hydrogen) atoms. The van der Waals surface area contributed by atoms with E-state index >= 15 is 0 Å². The van der Waals surface area contributed by atoms with Crippen molar-refractivity contribution in [3.8, 4) is 5.75 Å². The smallest absolute Gasteiger partial charge is 0.300 e. The maximum absolute atomic E-state index is 14.1. The van der Waals surface area contributed by atoms with Gasteiger partial charge in [0.15, 0.2) is 11.6 Å². The van der Waals surface area contributed by atoms with Crippen molar-refractivity contribution in [3.05, 3.63) is 99.6 Å². The van der Waals surface area contributed by atoms with Gasteiger partial charge < -0.3 is 9.84 Å². The molecule has 3 aromatic rings. The molecule has 0 aromatic heterocycles. The van der Waals surface area contributed by atoms with E-state index in [9.17, 15) is 23.5 Å². The van der Waals surface area contributed by atoms with Crippen LogP contribution in [0.1, 0.15) is 29.7 Å². The van der Waals surface area contributed by atoms with Gasteiger partial charge in [-0.05, 0) is 55.3 Å². The van der Waals surface area contributed by atoms with Crippen LogP contribution in [0, 0.1) is 18.6 Å². The van der Waals surface area contributed by atoms with Crippen LogP contribution in [0.2, 0.25) is 5.02 Å². The number of Topliss-reactive ketones (excluding diaryl/α,β-unsaturated/α-hetero) is 1. The molecule has 3 aromatic carbocycles. The van der Waals surface area contributed by atoms with E-state index in [2.05, 4.69) is 0 Å². The van der Waals surface area contributed by atoms with E-state index in [0.29, 0.717) is 17.9 Å². The van der Waals surface area contributed by atoms with Crippen molar-refractivity contribution in [1.82, 2.24) is 0 Å². The van der Waals surface area contributed by atoms with Crippen LogP contribution in [0.4, 0.5) is 14.5 Å². The molecule has 0 radical (unpaired) electrons. The van der Waals surface area contributed by atoms with Crippen LogP contribution in [-0.2, 0) is 9.59 Å². The molecule has 174 valence electrons. The molecule has 1 aliphatic rings. The topological polar surface area (TPSA) is 66.8 Å². The highest BCUT2D eigenvalue weighted by Gasteiger charge is 2.47. The lowest BCUT2D eigenvalue weighted by Crippen LogP contribution is -2.30. The quantitative estimate of drug-likeness (QED) is 0.276. The molecule has 1 atom stereocenters. The Morgan fingerprint density at radius 1 is 1.06 bits per heavy atom. The molecule has 5 nitrogen and oxygen atoms in total. The molecule has 0 saturated carbocycles. The highest BCUT2D eigenvalue weighted by molar-refractivity contribution is 6.52. The van der Waals surface area contributed by atoms with Crippen LogP contribution >= 0.6 is 11.6 Å². The highest BCUT2D eigenvalue weighted by atomic mass is 35.5. The summed E-state index contributed by atoms with van der Waals surface area (Å²) in [6, 6.07) is 13.4. The summed E-state index contributed by atoms with van der Waals surface area (Å²) in [4.78, 5) is 27.4. The predicted octanol–water partition coefficient (Wildman–Crippen LogP) is 5.95. The number of benzene rings is 3. The normalized spacial score (nSPS) is 17.3. The number of carbonyl (C=O) groups excluding carboxylic acids is 2. The fraction of sp³-hybridized carbons (Fsp3) is 0.154. The van der Waals surface area contributed by atoms with Gasteiger partial charge in [-0.2, -0.15) is 0 Å². The van der Waals surface area contributed by atoms with Gasteiger partial charge in [-0.15, -0.1) is 0 Å². The van der Waals surface area contributed by atoms with Crippen LogP contribution in [0.3, 0.4) is 0 Å². The van der Waals surface area contributed by atoms with E-state index in [1.54, 1.807) is 44.2 Å². The van der Waals surface area contributed by atoms with Gasteiger partial charge >= 0.3 is 0 Å². The Morgan fingerprint density at radius 2 is 1.79 bits per heavy atom. The molecule has 1 fully saturated rings. The minimum absolute atomic E-state index is 0.0255. The lowest BCUT2D eigenvalue weighted by Gasteiger charge is -2.26. The van der Waals surface area contributed by atoms with Crippen molar-refractivity contribution in [3.63, 3.8) is 0 Å². The van der Waals surface area contributed by atoms with Crippen molar-refractivity contribution in [2.24, 2.45) is 0 Å². The zero-order chi connectivity index (χ0) is 24.6. The Labute approximate surface area is 199 Å². The Balaban J connectivity index is 1.99. The van der Waals surface area contributed by atoms with Gasteiger partial charge in [-0.3, -0.25) is 14.5 Å². The summed E-state index contributed by atoms with van der Waals surface area (Å²) < 4.78 is 33.1. The zero-order valence-corrected chi connectivity index (χ0v) is 19.1. The number of aliphatic hydroxyl groups is 1. The van der Waals surface area contributed by atoms with Crippen LogP contribution in [0.15, 0.2) is 66.2 Å². The fourth-order valence-electron chi connectivity index (χ4n) is 4.01. The lowest BCUT2D eigenvalue weighted by molar-refractivity contribution is -0.132. The highest BCUT2D eigenvalue weighted by Crippen LogP contribution is 2.44. The number of aliphatic hydroxyl groups excluding tert-OH is 1. The number of aryl methyl sites for hydroxylation is 1. The Hall–Kier alpha value is -3.71. The molecule has 1 unspecified atom stereocenters. The molecule has 1 saturated heterocycles. The number of hydrogen-bond acceptors (Lipinski definition) is 4. The van der Waals surface area contributed by atoms with Crippen LogP contribution < -0.4 is 9.64 Å². The summed E-state index contributed by atoms with van der Waals surface area (Å²) in [7, 11) is 0. The molecule has 8 heteroatoms. The monoisotopic (exact) mass is 483 g/mol. The number of hydrogen-bond donors (Lipinski definition) is 1. The van der Waals surface area contributed by atoms with E-state index in [4.69, 9.17) is 16.3 Å². The third-order valence-electron chi connectivity index (χ3n) is 5.61. The summed E-state index contributed by atoms with van der Waals surface area (Å²) in [6.45, 7) is 3.94. The second-order valence-corrected chi connectivity index (χ2v) is 8.11. The minimum atomic E-state index is -1.17. The Kier molecular flexibility index (Phi) is 6.39. The standard InChI is InChI=1S/C26H20ClF2NO4/c1-3-34-16-9-10-19(27)18(13-16)24(31)22-23(17-7-5-4-6-14(17)2)30(26(33)25(22)32)15-8-11-20(28)21(29)12-15/h4-13,23,31H,3H2,1-2H3/b24-22+. The number of ketones is 1. The zero-order valence-electron chi connectivity index (χ0n) is 18.3. The molecule has 1 aliphatic heterocycles. The van der Waals surface area contributed by atoms with Gasteiger partial charge in [0.25, 0.3) is 11.7 Å². The first-order valence-corrected chi connectivity index (χ1v) is 10.9. The minimum Gasteiger partial charge on any atom is -0.507 e. The lowest BCUT2D eigenvalue weighted by atomic mass is 9.92. The first kappa shape index (κ1) is 23.4. The van der Waals surface area contributed by atoms with Crippen molar-refractivity contribution >= 4 is 34.7 Å². The van der Waals surface area contributed by atoms with Crippen LogP contribution in [-0.4, -0.2) is 23.4 Å². The van der Waals surface area contributed by atoms with Crippen molar-refractivity contribution in [2.75, 3.05) is 11.5 Å². The van der Waals surface area contributed by atoms with Gasteiger partial charge in [0, 0.05) is 17.3 Å². The van der Waals surface area contributed by atoms with Crippen molar-refractivity contribution < 1.29 is 28.2 Å². The van der Waals surface area contributed by atoms with E-state index < -0.39 is 35.1 Å². The molecule has 0 bridgehead atoms. The van der Waals surface area contributed by atoms with E-state index in [1.165, 1.54) is 18.2 Å². The summed E-state index contributed by atoms with van der Waals surface area (Å²) in [5.41, 5.74) is 1.11. The summed E-state index contributed by atoms with van der Waals surface area (Å²) in [5, 5.41) is 11.4. The maximum atomic E-state index is 14.1. The van der Waals surface area contributed by atoms with E-state index in [-0.39, 0.29) is 21.8 Å². The first-order chi connectivity index (χ1) is 16.2. The molecule has 0 aliphatic carbocycles. The average molecular weight is 484 g/mol. The largest absolute Gasteiger partial charge is 0.507 e. The van der Waals surface area contributed by atoms with Crippen LogP contribution in [0.25, 0.3) is 5.76 Å². The van der Waals surface area contributed by atoms with Crippen molar-refractivity contribution in [1.29, 1.82) is 0 Å². The SMILES string of the molecule is CCOc1ccc(Cl)c(/C(O)=C2\C(=O)C(=O)N(c3ccc(F)c(F)c3)C2c2ccccc2C)c1. The van der Waals surface area contributed by atoms with Crippen molar-refractivity contribution in [2.45, 2.75) is 19.9 Å². The summed E-state index contributed by atoms with van der Waals surface area (Å²) in [6.07, 6.45) is 0. The summed E-state index contributed by atoms with van der Waals surface area (Å²) >= 11 is 6.32. The molecule has 1 N–H and O–H groups in total. The van der Waals surface area contributed by atoms with E-state index in [0.717, 1.165) is 22.6 Å². The molecule has 1 amide bonds. The first-order valence-electron chi connectivity index (χ1n) is 10.5. The number of anilines is 1. The predicted molar refractivity (Wildman–Crippen MR) is 125 cm³/mol. The fourth-order valence-corrected chi connectivity index (χ4v) is 4.22. The summed E-state index contributed by atoms with van der Waals surface area (Å²) in [5.74, 6) is -4.31. The second kappa shape index (κ2) is 9.27. The molecule has 1 heterocycles. The van der Waals surface area contributed by atoms with Gasteiger partial charge in [0.05, 0.1) is 23.2 Å². The molecular formula is C26H20ClF2NO4. The van der Waals surface area contributed by atoms with Gasteiger partial charge in [-0.1, -0.05) is 35.9 Å². The number of ether oxygens (including phenoxy) is 1. The van der Waals surface area contributed by atoms with E-state index in [1.807, 2.05) is 0 Å². The average Bonchev–Trinajstić information content (AvgIpc) is 3.07. The molecular weight excluding hydrogens is 464 g/mol. The molecule has 0 spiro atoms. The third-order valence-corrected chi connectivity index (χ3v) is 5.94. The molecule has 4 rings (SSSR count). The van der Waals surface area contributed by atoms with Gasteiger partial charge in [-0.25, -0.2) is 8.78 Å². The number of rotatable bonds is 5. The number of carbonyl (C=O) groups is 2. The number of amides is 1.